The molecule has 2 nitrogen and oxygen atoms in total. The Hall–Kier alpha value is -1.07. The van der Waals surface area contributed by atoms with E-state index in [-0.39, 0.29) is 0 Å². The summed E-state index contributed by atoms with van der Waals surface area (Å²) in [5.41, 5.74) is -0.520. The summed E-state index contributed by atoms with van der Waals surface area (Å²) in [6.07, 6.45) is -0.721. The summed E-state index contributed by atoms with van der Waals surface area (Å²) in [4.78, 5) is 0. The maximum absolute atomic E-state index is 13.3. The van der Waals surface area contributed by atoms with Gasteiger partial charge in [0.2, 0.25) is 0 Å². The van der Waals surface area contributed by atoms with Crippen LogP contribution in [0.25, 0.3) is 0 Å². The summed E-state index contributed by atoms with van der Waals surface area (Å²) in [5, 5.41) is 9.75. The van der Waals surface area contributed by atoms with Crippen LogP contribution in [0, 0.1) is 17.5 Å². The van der Waals surface area contributed by atoms with Gasteiger partial charge < -0.3 is 9.84 Å². The quantitative estimate of drug-likeness (QED) is 0.847. The Morgan fingerprint density at radius 1 is 1.25 bits per heavy atom. The Kier molecular flexibility index (Phi) is 3.16. The van der Waals surface area contributed by atoms with Crippen molar-refractivity contribution in [3.8, 4) is 0 Å². The van der Waals surface area contributed by atoms with Gasteiger partial charge in [-0.15, -0.1) is 0 Å². The van der Waals surface area contributed by atoms with Gasteiger partial charge >= 0.3 is 0 Å². The lowest BCUT2D eigenvalue weighted by Crippen LogP contribution is -2.19. The van der Waals surface area contributed by atoms with E-state index >= 15 is 0 Å². The lowest BCUT2D eigenvalue weighted by molar-refractivity contribution is -0.00612. The van der Waals surface area contributed by atoms with E-state index in [1.807, 2.05) is 0 Å². The van der Waals surface area contributed by atoms with Crippen molar-refractivity contribution in [2.45, 2.75) is 25.0 Å². The molecule has 1 N–H and O–H groups in total. The van der Waals surface area contributed by atoms with Crippen LogP contribution in [-0.4, -0.2) is 17.8 Å². The molecule has 0 aliphatic carbocycles. The van der Waals surface area contributed by atoms with Crippen LogP contribution < -0.4 is 0 Å². The summed E-state index contributed by atoms with van der Waals surface area (Å²) < 4.78 is 44.4. The average Bonchev–Trinajstić information content (AvgIpc) is 2.67. The van der Waals surface area contributed by atoms with Gasteiger partial charge in [0.1, 0.15) is 23.6 Å². The first-order valence-electron chi connectivity index (χ1n) is 5.03. The third kappa shape index (κ3) is 2.05. The highest BCUT2D eigenvalue weighted by molar-refractivity contribution is 5.24. The fourth-order valence-electron chi connectivity index (χ4n) is 1.87. The number of ether oxygens (including phenoxy) is 1. The minimum atomic E-state index is -1.39. The third-order valence-electron chi connectivity index (χ3n) is 2.66. The molecule has 1 heterocycles. The van der Waals surface area contributed by atoms with Crippen molar-refractivity contribution in [3.63, 3.8) is 0 Å². The van der Waals surface area contributed by atoms with Crippen molar-refractivity contribution in [3.05, 3.63) is 35.1 Å². The van der Waals surface area contributed by atoms with Crippen molar-refractivity contribution in [2.75, 3.05) is 6.61 Å². The van der Waals surface area contributed by atoms with Gasteiger partial charge in [-0.3, -0.25) is 0 Å². The largest absolute Gasteiger partial charge is 0.385 e. The van der Waals surface area contributed by atoms with Crippen molar-refractivity contribution in [1.82, 2.24) is 0 Å². The lowest BCUT2D eigenvalue weighted by atomic mass is 10.0. The van der Waals surface area contributed by atoms with Gasteiger partial charge in [0.05, 0.1) is 11.7 Å². The van der Waals surface area contributed by atoms with E-state index in [0.717, 1.165) is 6.42 Å². The zero-order valence-electron chi connectivity index (χ0n) is 8.42. The SMILES string of the molecule is OC(c1c(F)cc(F)cc1F)C1CCCO1. The second-order valence-corrected chi connectivity index (χ2v) is 3.78. The Morgan fingerprint density at radius 3 is 2.38 bits per heavy atom. The number of rotatable bonds is 2. The first-order chi connectivity index (χ1) is 7.59. The second-order valence-electron chi connectivity index (χ2n) is 3.78. The number of hydrogen-bond donors (Lipinski definition) is 1. The van der Waals surface area contributed by atoms with Gasteiger partial charge in [0.15, 0.2) is 0 Å². The molecule has 2 atom stereocenters. The molecule has 2 rings (SSSR count). The smallest absolute Gasteiger partial charge is 0.134 e. The zero-order chi connectivity index (χ0) is 11.7. The maximum Gasteiger partial charge on any atom is 0.134 e. The molecule has 5 heteroatoms. The Labute approximate surface area is 90.7 Å². The van der Waals surface area contributed by atoms with E-state index in [4.69, 9.17) is 4.74 Å². The highest BCUT2D eigenvalue weighted by atomic mass is 19.1. The van der Waals surface area contributed by atoms with Gasteiger partial charge in [-0.2, -0.15) is 0 Å². The molecule has 0 saturated carbocycles. The topological polar surface area (TPSA) is 29.5 Å². The van der Waals surface area contributed by atoms with Crippen molar-refractivity contribution in [2.24, 2.45) is 0 Å². The Bertz CT molecular complexity index is 366. The molecule has 0 amide bonds. The third-order valence-corrected chi connectivity index (χ3v) is 2.66. The number of aliphatic hydroxyl groups is 1. The van der Waals surface area contributed by atoms with Gasteiger partial charge in [-0.05, 0) is 12.8 Å². The minimum absolute atomic E-state index is 0.464. The van der Waals surface area contributed by atoms with Gasteiger partial charge in [0, 0.05) is 18.7 Å². The standard InChI is InChI=1S/C11H11F3O2/c12-6-4-7(13)10(8(14)5-6)11(15)9-2-1-3-16-9/h4-5,9,11,15H,1-3H2. The van der Waals surface area contributed by atoms with Crippen LogP contribution in [0.1, 0.15) is 24.5 Å². The summed E-state index contributed by atoms with van der Waals surface area (Å²) in [6, 6.07) is 1.10. The van der Waals surface area contributed by atoms with Gasteiger partial charge in [-0.25, -0.2) is 13.2 Å². The highest BCUT2D eigenvalue weighted by Crippen LogP contribution is 2.30. The zero-order valence-corrected chi connectivity index (χ0v) is 8.42. The van der Waals surface area contributed by atoms with Crippen molar-refractivity contribution < 1.29 is 23.0 Å². The number of aliphatic hydroxyl groups excluding tert-OH is 1. The molecule has 2 unspecified atom stereocenters. The summed E-state index contributed by atoms with van der Waals surface area (Å²) in [7, 11) is 0. The molecule has 1 aliphatic heterocycles. The van der Waals surface area contributed by atoms with E-state index in [1.165, 1.54) is 0 Å². The fraction of sp³-hybridized carbons (Fsp3) is 0.455. The van der Waals surface area contributed by atoms with Gasteiger partial charge in [0.25, 0.3) is 0 Å². The molecule has 0 spiro atoms. The van der Waals surface area contributed by atoms with Crippen LogP contribution in [0.2, 0.25) is 0 Å². The summed E-state index contributed by atoms with van der Waals surface area (Å²) in [6.45, 7) is 0.464. The normalized spacial score (nSPS) is 22.4. The van der Waals surface area contributed by atoms with E-state index in [2.05, 4.69) is 0 Å². The number of halogens is 3. The molecule has 1 fully saturated rings. The van der Waals surface area contributed by atoms with Crippen LogP contribution in [0.5, 0.6) is 0 Å². The summed E-state index contributed by atoms with van der Waals surface area (Å²) >= 11 is 0. The van der Waals surface area contributed by atoms with Crippen molar-refractivity contribution >= 4 is 0 Å². The molecule has 1 aromatic rings. The number of benzene rings is 1. The van der Waals surface area contributed by atoms with E-state index in [0.29, 0.717) is 25.2 Å². The van der Waals surface area contributed by atoms with E-state index in [9.17, 15) is 18.3 Å². The Morgan fingerprint density at radius 2 is 1.88 bits per heavy atom. The van der Waals surface area contributed by atoms with Crippen LogP contribution >= 0.6 is 0 Å². The monoisotopic (exact) mass is 232 g/mol. The van der Waals surface area contributed by atoms with E-state index < -0.39 is 35.2 Å². The molecule has 1 aromatic carbocycles. The minimum Gasteiger partial charge on any atom is -0.385 e. The molecular formula is C11H11F3O2. The second kappa shape index (κ2) is 4.43. The lowest BCUT2D eigenvalue weighted by Gasteiger charge is -2.18. The highest BCUT2D eigenvalue weighted by Gasteiger charge is 2.30. The van der Waals surface area contributed by atoms with Crippen LogP contribution in [0.3, 0.4) is 0 Å². The van der Waals surface area contributed by atoms with Crippen LogP contribution in [0.15, 0.2) is 12.1 Å². The molecule has 16 heavy (non-hydrogen) atoms. The average molecular weight is 232 g/mol. The molecule has 0 radical (unpaired) electrons. The molecule has 1 saturated heterocycles. The summed E-state index contributed by atoms with van der Waals surface area (Å²) in [5.74, 6) is -3.17. The fourth-order valence-corrected chi connectivity index (χ4v) is 1.87. The first kappa shape index (κ1) is 11.4. The van der Waals surface area contributed by atoms with Gasteiger partial charge in [-0.1, -0.05) is 0 Å². The van der Waals surface area contributed by atoms with Crippen LogP contribution in [0.4, 0.5) is 13.2 Å². The molecule has 88 valence electrons. The maximum atomic E-state index is 13.3. The van der Waals surface area contributed by atoms with Crippen molar-refractivity contribution in [1.29, 1.82) is 0 Å². The number of hydrogen-bond acceptors (Lipinski definition) is 2. The van der Waals surface area contributed by atoms with E-state index in [1.54, 1.807) is 0 Å². The molecular weight excluding hydrogens is 221 g/mol. The Balaban J connectivity index is 2.31. The van der Waals surface area contributed by atoms with Crippen LogP contribution in [-0.2, 0) is 4.74 Å². The first-order valence-corrected chi connectivity index (χ1v) is 5.03. The predicted octanol–water partition coefficient (Wildman–Crippen LogP) is 2.32. The molecule has 0 aromatic heterocycles. The molecule has 0 bridgehead atoms. The predicted molar refractivity (Wildman–Crippen MR) is 50.2 cm³/mol. The molecule has 1 aliphatic rings.